The van der Waals surface area contributed by atoms with E-state index in [4.69, 9.17) is 4.74 Å². The second-order valence-electron chi connectivity index (χ2n) is 5.84. The molecule has 0 aromatic rings. The van der Waals surface area contributed by atoms with Gasteiger partial charge in [-0.05, 0) is 58.7 Å². The molecule has 0 aliphatic carbocycles. The zero-order chi connectivity index (χ0) is 14.8. The van der Waals surface area contributed by atoms with Crippen LogP contribution >= 0.6 is 0 Å². The van der Waals surface area contributed by atoms with Crippen LogP contribution < -0.4 is 5.32 Å². The third-order valence-corrected chi connectivity index (χ3v) is 4.39. The summed E-state index contributed by atoms with van der Waals surface area (Å²) in [6.07, 6.45) is 6.81. The van der Waals surface area contributed by atoms with Gasteiger partial charge >= 0.3 is 0 Å². The van der Waals surface area contributed by atoms with Gasteiger partial charge < -0.3 is 15.0 Å². The van der Waals surface area contributed by atoms with Crippen LogP contribution in [0.2, 0.25) is 0 Å². The lowest BCUT2D eigenvalue weighted by atomic mass is 9.92. The molecule has 0 saturated carbocycles. The van der Waals surface area contributed by atoms with Crippen molar-refractivity contribution < 1.29 is 4.74 Å². The molecule has 0 aromatic heterocycles. The van der Waals surface area contributed by atoms with Gasteiger partial charge in [0, 0.05) is 13.2 Å². The lowest BCUT2D eigenvalue weighted by molar-refractivity contribution is -0.000628. The number of hydrogen-bond donors (Lipinski definition) is 1. The minimum atomic E-state index is -0.339. The molecule has 1 rings (SSSR count). The average molecular weight is 281 g/mol. The molecule has 116 valence electrons. The fourth-order valence-electron chi connectivity index (χ4n) is 2.91. The van der Waals surface area contributed by atoms with E-state index in [1.807, 2.05) is 7.05 Å². The van der Waals surface area contributed by atoms with E-state index in [0.717, 1.165) is 45.4 Å². The lowest BCUT2D eigenvalue weighted by Gasteiger charge is -2.33. The SMILES string of the molecule is CCCOC1CCCN(CCCC(C#N)(CC)NC)C1. The normalized spacial score (nSPS) is 23.2. The molecule has 1 aliphatic heterocycles. The van der Waals surface area contributed by atoms with E-state index in [-0.39, 0.29) is 5.54 Å². The highest BCUT2D eigenvalue weighted by molar-refractivity contribution is 5.05. The fourth-order valence-corrected chi connectivity index (χ4v) is 2.91. The fraction of sp³-hybridized carbons (Fsp3) is 0.938. The Kier molecular flexibility index (Phi) is 8.13. The van der Waals surface area contributed by atoms with Crippen LogP contribution in [0.25, 0.3) is 0 Å². The molecule has 0 radical (unpaired) electrons. The minimum absolute atomic E-state index is 0.339. The van der Waals surface area contributed by atoms with E-state index >= 15 is 0 Å². The smallest absolute Gasteiger partial charge is 0.106 e. The Balaban J connectivity index is 2.29. The Bertz CT molecular complexity index is 297. The zero-order valence-electron chi connectivity index (χ0n) is 13.5. The van der Waals surface area contributed by atoms with Gasteiger partial charge in [0.15, 0.2) is 0 Å². The van der Waals surface area contributed by atoms with E-state index in [1.54, 1.807) is 0 Å². The predicted molar refractivity (Wildman–Crippen MR) is 82.6 cm³/mol. The van der Waals surface area contributed by atoms with Gasteiger partial charge in [0.1, 0.15) is 5.54 Å². The van der Waals surface area contributed by atoms with Crippen molar-refractivity contribution in [1.82, 2.24) is 10.2 Å². The summed E-state index contributed by atoms with van der Waals surface area (Å²) in [5.74, 6) is 0. The summed E-state index contributed by atoms with van der Waals surface area (Å²) in [6.45, 7) is 8.44. The molecule has 1 fully saturated rings. The number of likely N-dealkylation sites (tertiary alicyclic amines) is 1. The van der Waals surface area contributed by atoms with Crippen LogP contribution in [0.3, 0.4) is 0 Å². The van der Waals surface area contributed by atoms with Crippen LogP contribution in [0, 0.1) is 11.3 Å². The molecule has 1 heterocycles. The third kappa shape index (κ3) is 5.40. The summed E-state index contributed by atoms with van der Waals surface area (Å²) in [6, 6.07) is 2.44. The van der Waals surface area contributed by atoms with Gasteiger partial charge in [-0.3, -0.25) is 0 Å². The zero-order valence-corrected chi connectivity index (χ0v) is 13.5. The van der Waals surface area contributed by atoms with Gasteiger partial charge in [0.05, 0.1) is 12.2 Å². The van der Waals surface area contributed by atoms with Crippen molar-refractivity contribution >= 4 is 0 Å². The molecule has 0 aromatic carbocycles. The molecule has 2 unspecified atom stereocenters. The molecule has 0 bridgehead atoms. The second kappa shape index (κ2) is 9.33. The number of nitrogens with one attached hydrogen (secondary N) is 1. The number of hydrogen-bond acceptors (Lipinski definition) is 4. The Morgan fingerprint density at radius 1 is 1.45 bits per heavy atom. The van der Waals surface area contributed by atoms with Crippen LogP contribution in [-0.2, 0) is 4.74 Å². The molecular formula is C16H31N3O. The van der Waals surface area contributed by atoms with Crippen LogP contribution in [0.4, 0.5) is 0 Å². The maximum atomic E-state index is 9.31. The highest BCUT2D eigenvalue weighted by Crippen LogP contribution is 2.18. The maximum Gasteiger partial charge on any atom is 0.106 e. The standard InChI is InChI=1S/C16H31N3O/c1-4-12-20-15-8-6-10-19(13-15)11-7-9-16(5-2,14-17)18-3/h15,18H,4-13H2,1-3H3. The maximum absolute atomic E-state index is 9.31. The third-order valence-electron chi connectivity index (χ3n) is 4.39. The Labute approximate surface area is 124 Å². The molecule has 4 heteroatoms. The highest BCUT2D eigenvalue weighted by Gasteiger charge is 2.26. The number of rotatable bonds is 9. The van der Waals surface area contributed by atoms with Crippen LogP contribution in [0.1, 0.15) is 52.4 Å². The topological polar surface area (TPSA) is 48.3 Å². The van der Waals surface area contributed by atoms with E-state index < -0.39 is 0 Å². The van der Waals surface area contributed by atoms with Crippen molar-refractivity contribution in [3.05, 3.63) is 0 Å². The molecule has 0 amide bonds. The number of piperidine rings is 1. The Morgan fingerprint density at radius 2 is 2.25 bits per heavy atom. The van der Waals surface area contributed by atoms with Crippen molar-refractivity contribution in [1.29, 1.82) is 5.26 Å². The van der Waals surface area contributed by atoms with Crippen LogP contribution in [-0.4, -0.2) is 49.8 Å². The minimum Gasteiger partial charge on any atom is -0.377 e. The Hall–Kier alpha value is -0.630. The van der Waals surface area contributed by atoms with Gasteiger partial charge in [-0.15, -0.1) is 0 Å². The van der Waals surface area contributed by atoms with Crippen LogP contribution in [0.15, 0.2) is 0 Å². The molecule has 0 spiro atoms. The largest absolute Gasteiger partial charge is 0.377 e. The van der Waals surface area contributed by atoms with E-state index in [1.165, 1.54) is 19.4 Å². The first kappa shape index (κ1) is 17.4. The van der Waals surface area contributed by atoms with Crippen LogP contribution in [0.5, 0.6) is 0 Å². The van der Waals surface area contributed by atoms with E-state index in [2.05, 4.69) is 30.1 Å². The number of ether oxygens (including phenoxy) is 1. The predicted octanol–water partition coefficient (Wildman–Crippen LogP) is 2.55. The van der Waals surface area contributed by atoms with Gasteiger partial charge in [0.2, 0.25) is 0 Å². The van der Waals surface area contributed by atoms with E-state index in [9.17, 15) is 5.26 Å². The second-order valence-corrected chi connectivity index (χ2v) is 5.84. The molecule has 4 nitrogen and oxygen atoms in total. The summed E-state index contributed by atoms with van der Waals surface area (Å²) >= 11 is 0. The average Bonchev–Trinajstić information content (AvgIpc) is 2.50. The van der Waals surface area contributed by atoms with Crippen molar-refractivity contribution in [3.8, 4) is 6.07 Å². The summed E-state index contributed by atoms with van der Waals surface area (Å²) < 4.78 is 5.87. The number of nitrogens with zero attached hydrogens (tertiary/aromatic N) is 2. The molecule has 2 atom stereocenters. The van der Waals surface area contributed by atoms with E-state index in [0.29, 0.717) is 6.10 Å². The van der Waals surface area contributed by atoms with Crippen molar-refractivity contribution in [2.24, 2.45) is 0 Å². The highest BCUT2D eigenvalue weighted by atomic mass is 16.5. The molecule has 1 saturated heterocycles. The van der Waals surface area contributed by atoms with Gasteiger partial charge in [0.25, 0.3) is 0 Å². The van der Waals surface area contributed by atoms with Crippen molar-refractivity contribution in [3.63, 3.8) is 0 Å². The quantitative estimate of drug-likeness (QED) is 0.705. The molecule has 20 heavy (non-hydrogen) atoms. The molecule has 1 aliphatic rings. The first-order valence-corrected chi connectivity index (χ1v) is 8.13. The van der Waals surface area contributed by atoms with Gasteiger partial charge in [-0.1, -0.05) is 13.8 Å². The number of nitriles is 1. The molecule has 1 N–H and O–H groups in total. The summed E-state index contributed by atoms with van der Waals surface area (Å²) in [5.41, 5.74) is -0.339. The monoisotopic (exact) mass is 281 g/mol. The van der Waals surface area contributed by atoms with Gasteiger partial charge in [-0.2, -0.15) is 5.26 Å². The summed E-state index contributed by atoms with van der Waals surface area (Å²) in [5, 5.41) is 12.5. The van der Waals surface area contributed by atoms with Crippen molar-refractivity contribution in [2.45, 2.75) is 64.0 Å². The first-order chi connectivity index (χ1) is 9.69. The first-order valence-electron chi connectivity index (χ1n) is 8.13. The summed E-state index contributed by atoms with van der Waals surface area (Å²) in [4.78, 5) is 2.50. The van der Waals surface area contributed by atoms with Gasteiger partial charge in [-0.25, -0.2) is 0 Å². The lowest BCUT2D eigenvalue weighted by Crippen LogP contribution is -2.43. The summed E-state index contributed by atoms with van der Waals surface area (Å²) in [7, 11) is 1.89. The Morgan fingerprint density at radius 3 is 2.85 bits per heavy atom. The molecular weight excluding hydrogens is 250 g/mol. The van der Waals surface area contributed by atoms with Crippen molar-refractivity contribution in [2.75, 3.05) is 33.3 Å².